The number of alkyl halides is 3. The highest BCUT2D eigenvalue weighted by molar-refractivity contribution is 6.53. The zero-order valence-electron chi connectivity index (χ0n) is 15.8. The number of carbonyl (C=O) groups is 2. The molecule has 0 aliphatic rings. The zero-order chi connectivity index (χ0) is 22.1. The molecule has 2 rings (SSSR count). The second kappa shape index (κ2) is 11.3. The minimum absolute atomic E-state index is 0.0638. The number of hydrogen-bond donors (Lipinski definition) is 1. The molecule has 0 fully saturated rings. The molecule has 0 aliphatic carbocycles. The summed E-state index contributed by atoms with van der Waals surface area (Å²) < 4.78 is 23.7. The molecule has 2 atom stereocenters. The summed E-state index contributed by atoms with van der Waals surface area (Å²) in [6.45, 7) is 0.614. The van der Waals surface area contributed by atoms with Gasteiger partial charge in [0, 0.05) is 11.8 Å². The van der Waals surface area contributed by atoms with Gasteiger partial charge in [0.1, 0.15) is 18.4 Å². The van der Waals surface area contributed by atoms with Crippen molar-refractivity contribution in [2.24, 2.45) is 0 Å². The van der Waals surface area contributed by atoms with Crippen LogP contribution in [0.15, 0.2) is 42.6 Å². The number of nitrogens with zero attached hydrogens (tertiary/aromatic N) is 2. The summed E-state index contributed by atoms with van der Waals surface area (Å²) >= 11 is 11.0. The molecule has 1 heterocycles. The maximum absolute atomic E-state index is 13.7. The number of rotatable bonds is 8. The second-order valence-electron chi connectivity index (χ2n) is 5.96. The lowest BCUT2D eigenvalue weighted by molar-refractivity contribution is -0.121. The highest BCUT2D eigenvalue weighted by atomic mass is 35.5. The van der Waals surface area contributed by atoms with Gasteiger partial charge in [-0.25, -0.2) is 14.2 Å². The van der Waals surface area contributed by atoms with E-state index in [-0.39, 0.29) is 12.3 Å². The van der Waals surface area contributed by atoms with E-state index in [2.05, 4.69) is 10.3 Å². The maximum atomic E-state index is 13.7. The monoisotopic (exact) mass is 453 g/mol. The molecule has 1 amide bonds. The van der Waals surface area contributed by atoms with Crippen LogP contribution in [0.25, 0.3) is 11.1 Å². The summed E-state index contributed by atoms with van der Waals surface area (Å²) in [4.78, 5) is 26.3. The lowest BCUT2D eigenvalue weighted by atomic mass is 9.99. The number of nitriles is 1. The second-order valence-corrected chi connectivity index (χ2v) is 7.05. The van der Waals surface area contributed by atoms with Crippen molar-refractivity contribution in [3.63, 3.8) is 0 Å². The maximum Gasteiger partial charge on any atom is 0.508 e. The molecule has 30 heavy (non-hydrogen) atoms. The van der Waals surface area contributed by atoms with Crippen molar-refractivity contribution in [3.8, 4) is 17.2 Å². The summed E-state index contributed by atoms with van der Waals surface area (Å²) in [5.74, 6) is -0.821. The van der Waals surface area contributed by atoms with E-state index in [1.807, 2.05) is 6.07 Å². The van der Waals surface area contributed by atoms with Crippen molar-refractivity contribution < 1.29 is 23.5 Å². The Morgan fingerprint density at radius 2 is 1.87 bits per heavy atom. The Morgan fingerprint density at radius 1 is 1.20 bits per heavy atom. The lowest BCUT2D eigenvalue weighted by Crippen LogP contribution is -2.44. The van der Waals surface area contributed by atoms with E-state index in [4.69, 9.17) is 37.9 Å². The van der Waals surface area contributed by atoms with E-state index in [1.54, 1.807) is 49.5 Å². The van der Waals surface area contributed by atoms with Gasteiger partial charge in [-0.2, -0.15) is 5.26 Å². The zero-order valence-corrected chi connectivity index (χ0v) is 17.4. The van der Waals surface area contributed by atoms with Gasteiger partial charge in [0.25, 0.3) is 5.91 Å². The third-order valence-corrected chi connectivity index (χ3v) is 4.39. The van der Waals surface area contributed by atoms with Gasteiger partial charge in [0.15, 0.2) is 10.9 Å². The number of pyridine rings is 1. The van der Waals surface area contributed by atoms with Crippen LogP contribution < -0.4 is 5.32 Å². The molecule has 7 nitrogen and oxygen atoms in total. The predicted octanol–water partition coefficient (Wildman–Crippen LogP) is 4.09. The summed E-state index contributed by atoms with van der Waals surface area (Å²) in [6, 6.07) is 10.7. The van der Waals surface area contributed by atoms with Crippen LogP contribution in [0.5, 0.6) is 0 Å². The molecule has 2 unspecified atom stereocenters. The molecule has 0 saturated carbocycles. The Morgan fingerprint density at radius 3 is 2.37 bits per heavy atom. The van der Waals surface area contributed by atoms with Crippen molar-refractivity contribution in [2.45, 2.75) is 23.9 Å². The summed E-state index contributed by atoms with van der Waals surface area (Å²) in [5, 5.41) is 11.2. The number of nitrogens with one attached hydrogen (secondary N) is 1. The third-order valence-electron chi connectivity index (χ3n) is 3.99. The largest absolute Gasteiger partial charge is 0.508 e. The summed E-state index contributed by atoms with van der Waals surface area (Å²) in [5.41, 5.74) is 2.23. The van der Waals surface area contributed by atoms with Crippen LogP contribution in [-0.2, 0) is 14.3 Å². The fourth-order valence-electron chi connectivity index (χ4n) is 2.57. The first-order chi connectivity index (χ1) is 14.4. The van der Waals surface area contributed by atoms with E-state index < -0.39 is 35.7 Å². The van der Waals surface area contributed by atoms with Crippen LogP contribution in [0.3, 0.4) is 0 Å². The van der Waals surface area contributed by atoms with Gasteiger partial charge < -0.3 is 14.8 Å². The van der Waals surface area contributed by atoms with Gasteiger partial charge in [-0.1, -0.05) is 47.5 Å². The molecule has 1 aromatic heterocycles. The molecule has 2 aromatic rings. The Kier molecular flexibility index (Phi) is 8.84. The first-order valence-electron chi connectivity index (χ1n) is 8.84. The quantitative estimate of drug-likeness (QED) is 0.476. The number of amides is 1. The Labute approximate surface area is 182 Å². The average Bonchev–Trinajstić information content (AvgIpc) is 2.76. The fourth-order valence-corrected chi connectivity index (χ4v) is 2.70. The van der Waals surface area contributed by atoms with Gasteiger partial charge in [-0.15, -0.1) is 0 Å². The van der Waals surface area contributed by atoms with Crippen LogP contribution >= 0.6 is 23.2 Å². The van der Waals surface area contributed by atoms with Crippen molar-refractivity contribution in [2.75, 3.05) is 13.3 Å². The standard InChI is InChI=1S/C20H18Cl2FN3O4/c1-2-29-20(28)30-17(16(9-23)26-19(27)18(21)22)13-5-3-12(4-6-13)14-7-8-15(10-24)25-11-14/h3-8,11,16-18H,2,9H2,1H3,(H,26,27). The number of aromatic nitrogens is 1. The van der Waals surface area contributed by atoms with Crippen molar-refractivity contribution in [1.29, 1.82) is 5.26 Å². The first-order valence-corrected chi connectivity index (χ1v) is 9.71. The number of hydrogen-bond acceptors (Lipinski definition) is 6. The third kappa shape index (κ3) is 6.31. The molecule has 0 spiro atoms. The molecule has 158 valence electrons. The molecule has 0 aliphatic heterocycles. The molecule has 0 bridgehead atoms. The summed E-state index contributed by atoms with van der Waals surface area (Å²) in [7, 11) is 0. The van der Waals surface area contributed by atoms with Crippen LogP contribution in [-0.4, -0.2) is 41.2 Å². The number of carbonyl (C=O) groups excluding carboxylic acids is 2. The number of halogens is 3. The van der Waals surface area contributed by atoms with Gasteiger partial charge in [-0.05, 0) is 30.2 Å². The van der Waals surface area contributed by atoms with E-state index in [1.165, 1.54) is 0 Å². The Bertz CT molecular complexity index is 902. The lowest BCUT2D eigenvalue weighted by Gasteiger charge is -2.26. The average molecular weight is 454 g/mol. The fraction of sp³-hybridized carbons (Fsp3) is 0.300. The van der Waals surface area contributed by atoms with Gasteiger partial charge in [-0.3, -0.25) is 4.79 Å². The van der Waals surface area contributed by atoms with Gasteiger partial charge in [0.05, 0.1) is 12.6 Å². The van der Waals surface area contributed by atoms with Crippen LogP contribution in [0, 0.1) is 11.3 Å². The van der Waals surface area contributed by atoms with Crippen LogP contribution in [0.1, 0.15) is 24.3 Å². The van der Waals surface area contributed by atoms with Crippen LogP contribution in [0.2, 0.25) is 0 Å². The molecular formula is C20H18Cl2FN3O4. The van der Waals surface area contributed by atoms with Gasteiger partial charge in [0.2, 0.25) is 0 Å². The Hall–Kier alpha value is -2.89. The Balaban J connectivity index is 2.30. The van der Waals surface area contributed by atoms with Gasteiger partial charge >= 0.3 is 6.16 Å². The van der Waals surface area contributed by atoms with E-state index in [0.717, 1.165) is 11.1 Å². The van der Waals surface area contributed by atoms with E-state index in [9.17, 15) is 14.0 Å². The smallest absolute Gasteiger partial charge is 0.435 e. The predicted molar refractivity (Wildman–Crippen MR) is 109 cm³/mol. The minimum atomic E-state index is -1.41. The topological polar surface area (TPSA) is 101 Å². The molecule has 1 N–H and O–H groups in total. The minimum Gasteiger partial charge on any atom is -0.435 e. The molecular weight excluding hydrogens is 436 g/mol. The molecule has 0 saturated heterocycles. The molecule has 1 aromatic carbocycles. The molecule has 10 heteroatoms. The SMILES string of the molecule is CCOC(=O)OC(c1ccc(-c2ccc(C#N)nc2)cc1)C(CF)NC(=O)C(Cl)Cl. The molecule has 0 radical (unpaired) electrons. The normalized spacial score (nSPS) is 12.5. The number of benzene rings is 1. The highest BCUT2D eigenvalue weighted by Gasteiger charge is 2.30. The van der Waals surface area contributed by atoms with E-state index >= 15 is 0 Å². The first kappa shape index (κ1) is 23.4. The van der Waals surface area contributed by atoms with Crippen molar-refractivity contribution in [1.82, 2.24) is 10.3 Å². The highest BCUT2D eigenvalue weighted by Crippen LogP contribution is 2.27. The van der Waals surface area contributed by atoms with Crippen molar-refractivity contribution in [3.05, 3.63) is 53.9 Å². The van der Waals surface area contributed by atoms with Crippen molar-refractivity contribution >= 4 is 35.3 Å². The van der Waals surface area contributed by atoms with Crippen LogP contribution in [0.4, 0.5) is 9.18 Å². The van der Waals surface area contributed by atoms with E-state index in [0.29, 0.717) is 5.56 Å². The number of ether oxygens (including phenoxy) is 2. The summed E-state index contributed by atoms with van der Waals surface area (Å²) in [6.07, 6.45) is -0.645.